The average Bonchev–Trinajstić information content (AvgIpc) is 1.95. The maximum Gasteiger partial charge on any atom is 0.284 e. The third-order valence-corrected chi connectivity index (χ3v) is 2.51. The lowest BCUT2D eigenvalue weighted by molar-refractivity contribution is -0.138. The average molecular weight is 184 g/mol. The molecular weight excluding hydrogens is 172 g/mol. The van der Waals surface area contributed by atoms with Gasteiger partial charge in [0, 0.05) is 12.3 Å². The molecule has 1 aliphatic rings. The van der Waals surface area contributed by atoms with Crippen LogP contribution in [0.2, 0.25) is 0 Å². The van der Waals surface area contributed by atoms with Gasteiger partial charge in [0.05, 0.1) is 0 Å². The van der Waals surface area contributed by atoms with Crippen molar-refractivity contribution in [3.8, 4) is 0 Å². The summed E-state index contributed by atoms with van der Waals surface area (Å²) >= 11 is 0. The zero-order chi connectivity index (χ0) is 10.0. The number of primary amides is 2. The second kappa shape index (κ2) is 3.55. The fraction of sp³-hybridized carbons (Fsp3) is 0.625. The maximum atomic E-state index is 10.9. The highest BCUT2D eigenvalue weighted by Gasteiger charge is 2.36. The van der Waals surface area contributed by atoms with Crippen LogP contribution >= 0.6 is 0 Å². The van der Waals surface area contributed by atoms with Gasteiger partial charge in [-0.05, 0) is 18.8 Å². The van der Waals surface area contributed by atoms with E-state index in [1.807, 2.05) is 0 Å². The number of carbonyl (C=O) groups excluding carboxylic acids is 3. The number of nitrogens with two attached hydrogens (primary N) is 2. The van der Waals surface area contributed by atoms with Gasteiger partial charge in [0.1, 0.15) is 0 Å². The molecule has 72 valence electrons. The van der Waals surface area contributed by atoms with Crippen LogP contribution in [0.15, 0.2) is 0 Å². The molecule has 13 heavy (non-hydrogen) atoms. The van der Waals surface area contributed by atoms with Crippen LogP contribution in [-0.4, -0.2) is 17.6 Å². The first-order chi connectivity index (χ1) is 6.02. The lowest BCUT2D eigenvalue weighted by Gasteiger charge is -2.33. The van der Waals surface area contributed by atoms with Crippen LogP contribution in [0.4, 0.5) is 0 Å². The lowest BCUT2D eigenvalue weighted by Crippen LogP contribution is -2.40. The number of Topliss-reactive ketones (excluding diaryl/α,β-unsaturated/α-hetero) is 1. The summed E-state index contributed by atoms with van der Waals surface area (Å²) in [7, 11) is 0. The summed E-state index contributed by atoms with van der Waals surface area (Å²) in [6, 6.07) is 0. The van der Waals surface area contributed by atoms with Gasteiger partial charge < -0.3 is 11.5 Å². The van der Waals surface area contributed by atoms with Crippen LogP contribution in [0, 0.1) is 11.8 Å². The molecule has 0 aliphatic heterocycles. The Kier molecular flexibility index (Phi) is 2.65. The van der Waals surface area contributed by atoms with Gasteiger partial charge in [-0.25, -0.2) is 0 Å². The van der Waals surface area contributed by atoms with Crippen LogP contribution in [0.1, 0.15) is 19.3 Å². The molecule has 1 fully saturated rings. The van der Waals surface area contributed by atoms with Gasteiger partial charge >= 0.3 is 0 Å². The van der Waals surface area contributed by atoms with E-state index in [0.29, 0.717) is 6.42 Å². The molecule has 0 spiro atoms. The molecule has 0 aromatic carbocycles. The molecule has 2 atom stereocenters. The Bertz CT molecular complexity index is 262. The summed E-state index contributed by atoms with van der Waals surface area (Å²) in [6.07, 6.45) is 1.54. The molecule has 0 aromatic heterocycles. The number of amides is 2. The molecule has 1 aliphatic carbocycles. The normalized spacial score (nSPS) is 26.2. The molecule has 5 heteroatoms. The Hall–Kier alpha value is -1.39. The predicted molar refractivity (Wildman–Crippen MR) is 44.2 cm³/mol. The van der Waals surface area contributed by atoms with E-state index < -0.39 is 17.6 Å². The standard InChI is InChI=1S/C8H12N2O3/c9-7(12)5-2-1-4(5)3-6(11)8(10)13/h4-5H,1-3H2,(H2,9,12)(H2,10,13). The van der Waals surface area contributed by atoms with Crippen molar-refractivity contribution < 1.29 is 14.4 Å². The molecule has 4 N–H and O–H groups in total. The van der Waals surface area contributed by atoms with E-state index in [1.54, 1.807) is 0 Å². The molecule has 1 saturated carbocycles. The number of hydrogen-bond donors (Lipinski definition) is 2. The van der Waals surface area contributed by atoms with E-state index in [1.165, 1.54) is 0 Å². The Labute approximate surface area is 75.5 Å². The Balaban J connectivity index is 2.43. The molecular formula is C8H12N2O3. The monoisotopic (exact) mass is 184 g/mol. The lowest BCUT2D eigenvalue weighted by atomic mass is 9.71. The molecule has 1 rings (SSSR count). The second-order valence-electron chi connectivity index (χ2n) is 3.34. The number of rotatable bonds is 4. The number of hydrogen-bond acceptors (Lipinski definition) is 3. The molecule has 0 bridgehead atoms. The van der Waals surface area contributed by atoms with Gasteiger partial charge in [-0.3, -0.25) is 14.4 Å². The molecule has 0 aromatic rings. The van der Waals surface area contributed by atoms with Crippen LogP contribution in [0.3, 0.4) is 0 Å². The summed E-state index contributed by atoms with van der Waals surface area (Å²) in [5, 5.41) is 0. The van der Waals surface area contributed by atoms with E-state index in [-0.39, 0.29) is 18.3 Å². The topological polar surface area (TPSA) is 103 Å². The van der Waals surface area contributed by atoms with Gasteiger partial charge in [-0.15, -0.1) is 0 Å². The van der Waals surface area contributed by atoms with Crippen molar-refractivity contribution in [2.75, 3.05) is 0 Å². The molecule has 0 radical (unpaired) electrons. The second-order valence-corrected chi connectivity index (χ2v) is 3.34. The minimum atomic E-state index is -0.935. The highest BCUT2D eigenvalue weighted by atomic mass is 16.2. The summed E-state index contributed by atoms with van der Waals surface area (Å²) < 4.78 is 0. The molecule has 0 saturated heterocycles. The first-order valence-electron chi connectivity index (χ1n) is 4.14. The van der Waals surface area contributed by atoms with Gasteiger partial charge in [-0.1, -0.05) is 0 Å². The Morgan fingerprint density at radius 1 is 1.15 bits per heavy atom. The quantitative estimate of drug-likeness (QED) is 0.544. The van der Waals surface area contributed by atoms with Gasteiger partial charge in [0.2, 0.25) is 11.7 Å². The fourth-order valence-corrected chi connectivity index (χ4v) is 1.53. The largest absolute Gasteiger partial charge is 0.369 e. The van der Waals surface area contributed by atoms with Crippen molar-refractivity contribution in [2.24, 2.45) is 23.3 Å². The van der Waals surface area contributed by atoms with Gasteiger partial charge in [0.15, 0.2) is 0 Å². The van der Waals surface area contributed by atoms with E-state index in [9.17, 15) is 14.4 Å². The first-order valence-corrected chi connectivity index (χ1v) is 4.14. The molecule has 2 amide bonds. The van der Waals surface area contributed by atoms with E-state index in [2.05, 4.69) is 0 Å². The summed E-state index contributed by atoms with van der Waals surface area (Å²) in [5.41, 5.74) is 9.85. The number of carbonyl (C=O) groups is 3. The van der Waals surface area contributed by atoms with Crippen LogP contribution in [0.25, 0.3) is 0 Å². The summed E-state index contributed by atoms with van der Waals surface area (Å²) in [4.78, 5) is 32.0. The Morgan fingerprint density at radius 2 is 1.77 bits per heavy atom. The van der Waals surface area contributed by atoms with Crippen LogP contribution in [-0.2, 0) is 14.4 Å². The smallest absolute Gasteiger partial charge is 0.284 e. The maximum absolute atomic E-state index is 10.9. The first kappa shape index (κ1) is 9.70. The highest BCUT2D eigenvalue weighted by Crippen LogP contribution is 2.36. The van der Waals surface area contributed by atoms with Gasteiger partial charge in [-0.2, -0.15) is 0 Å². The third-order valence-electron chi connectivity index (χ3n) is 2.51. The van der Waals surface area contributed by atoms with Gasteiger partial charge in [0.25, 0.3) is 5.91 Å². The van der Waals surface area contributed by atoms with Crippen molar-refractivity contribution in [3.63, 3.8) is 0 Å². The van der Waals surface area contributed by atoms with Crippen molar-refractivity contribution in [2.45, 2.75) is 19.3 Å². The van der Waals surface area contributed by atoms with Crippen LogP contribution in [0.5, 0.6) is 0 Å². The predicted octanol–water partition coefficient (Wildman–Crippen LogP) is -1.06. The minimum Gasteiger partial charge on any atom is -0.369 e. The van der Waals surface area contributed by atoms with E-state index >= 15 is 0 Å². The zero-order valence-electron chi connectivity index (χ0n) is 7.16. The fourth-order valence-electron chi connectivity index (χ4n) is 1.53. The van der Waals surface area contributed by atoms with Crippen LogP contribution < -0.4 is 11.5 Å². The van der Waals surface area contributed by atoms with E-state index in [4.69, 9.17) is 11.5 Å². The van der Waals surface area contributed by atoms with Crippen molar-refractivity contribution in [1.29, 1.82) is 0 Å². The van der Waals surface area contributed by atoms with Crippen molar-refractivity contribution >= 4 is 17.6 Å². The third kappa shape index (κ3) is 2.05. The minimum absolute atomic E-state index is 0.0585. The Morgan fingerprint density at radius 3 is 2.08 bits per heavy atom. The molecule has 5 nitrogen and oxygen atoms in total. The SMILES string of the molecule is NC(=O)C(=O)CC1CCC1C(N)=O. The summed E-state index contributed by atoms with van der Waals surface area (Å²) in [5.74, 6) is -2.26. The van der Waals surface area contributed by atoms with Crippen molar-refractivity contribution in [1.82, 2.24) is 0 Å². The molecule has 0 heterocycles. The summed E-state index contributed by atoms with van der Waals surface area (Å²) in [6.45, 7) is 0. The van der Waals surface area contributed by atoms with E-state index in [0.717, 1.165) is 6.42 Å². The van der Waals surface area contributed by atoms with Crippen molar-refractivity contribution in [3.05, 3.63) is 0 Å². The zero-order valence-corrected chi connectivity index (χ0v) is 7.16. The molecule has 2 unspecified atom stereocenters. The highest BCUT2D eigenvalue weighted by molar-refractivity contribution is 6.35. The number of ketones is 1.